The summed E-state index contributed by atoms with van der Waals surface area (Å²) in [7, 11) is 1.89. The Bertz CT molecular complexity index is 687. The first kappa shape index (κ1) is 11.8. The summed E-state index contributed by atoms with van der Waals surface area (Å²) in [6.45, 7) is 0.810. The molecule has 2 heterocycles. The molecule has 0 aliphatic carbocycles. The summed E-state index contributed by atoms with van der Waals surface area (Å²) in [5.41, 5.74) is 0.762. The van der Waals surface area contributed by atoms with Crippen molar-refractivity contribution in [2.75, 3.05) is 13.6 Å². The molecule has 96 valence electrons. The topological polar surface area (TPSA) is 63.8 Å². The van der Waals surface area contributed by atoms with Crippen LogP contribution in [0.2, 0.25) is 0 Å². The molecule has 3 aromatic rings. The van der Waals surface area contributed by atoms with E-state index in [-0.39, 0.29) is 0 Å². The number of nitrogens with one attached hydrogen (secondary N) is 1. The molecule has 5 heteroatoms. The van der Waals surface area contributed by atoms with Gasteiger partial charge in [0.25, 0.3) is 0 Å². The highest BCUT2D eigenvalue weighted by atomic mass is 16.5. The largest absolute Gasteiger partial charge is 0.339 e. The van der Waals surface area contributed by atoms with Crippen molar-refractivity contribution in [3.05, 3.63) is 42.4 Å². The van der Waals surface area contributed by atoms with E-state index in [0.717, 1.165) is 23.0 Å². The van der Waals surface area contributed by atoms with Crippen molar-refractivity contribution in [2.45, 2.75) is 6.42 Å². The van der Waals surface area contributed by atoms with E-state index >= 15 is 0 Å². The molecule has 0 atom stereocenters. The molecule has 1 aromatic carbocycles. The maximum absolute atomic E-state index is 5.23. The first-order valence-corrected chi connectivity index (χ1v) is 6.20. The molecule has 2 aromatic heterocycles. The predicted molar refractivity (Wildman–Crippen MR) is 72.7 cm³/mol. The van der Waals surface area contributed by atoms with E-state index in [4.69, 9.17) is 4.52 Å². The molecule has 0 saturated heterocycles. The van der Waals surface area contributed by atoms with E-state index in [9.17, 15) is 0 Å². The molecule has 0 amide bonds. The Labute approximate surface area is 110 Å². The zero-order valence-electron chi connectivity index (χ0n) is 10.6. The van der Waals surface area contributed by atoms with Crippen LogP contribution < -0.4 is 5.32 Å². The average molecular weight is 254 g/mol. The van der Waals surface area contributed by atoms with Crippen molar-refractivity contribution >= 4 is 10.8 Å². The van der Waals surface area contributed by atoms with Gasteiger partial charge in [-0.15, -0.1) is 0 Å². The molecule has 0 spiro atoms. The maximum Gasteiger partial charge on any atom is 0.228 e. The van der Waals surface area contributed by atoms with Crippen LogP contribution in [0.3, 0.4) is 0 Å². The molecule has 19 heavy (non-hydrogen) atoms. The second kappa shape index (κ2) is 5.16. The second-order valence-corrected chi connectivity index (χ2v) is 4.25. The van der Waals surface area contributed by atoms with Gasteiger partial charge in [-0.05, 0) is 18.5 Å². The van der Waals surface area contributed by atoms with Gasteiger partial charge < -0.3 is 9.84 Å². The minimum absolute atomic E-state index is 0.544. The number of rotatable bonds is 4. The number of benzene rings is 1. The highest BCUT2D eigenvalue weighted by Gasteiger charge is 2.12. The molecule has 5 nitrogen and oxygen atoms in total. The van der Waals surface area contributed by atoms with Crippen LogP contribution in [0.1, 0.15) is 5.89 Å². The molecular weight excluding hydrogens is 240 g/mol. The van der Waals surface area contributed by atoms with Gasteiger partial charge in [0.05, 0.1) is 0 Å². The number of fused-ring (bicyclic) bond motifs is 1. The van der Waals surface area contributed by atoms with Gasteiger partial charge in [0.1, 0.15) is 5.69 Å². The quantitative estimate of drug-likeness (QED) is 0.772. The Morgan fingerprint density at radius 3 is 3.00 bits per heavy atom. The molecule has 0 aliphatic heterocycles. The van der Waals surface area contributed by atoms with Gasteiger partial charge >= 0.3 is 0 Å². The van der Waals surface area contributed by atoms with E-state index in [1.807, 2.05) is 37.4 Å². The van der Waals surface area contributed by atoms with Crippen LogP contribution in [0, 0.1) is 0 Å². The van der Waals surface area contributed by atoms with Crippen LogP contribution in [0.25, 0.3) is 22.3 Å². The Balaban J connectivity index is 2.02. The minimum Gasteiger partial charge on any atom is -0.339 e. The third kappa shape index (κ3) is 2.32. The third-order valence-electron chi connectivity index (χ3n) is 2.94. The number of hydrogen-bond acceptors (Lipinski definition) is 5. The number of pyridine rings is 1. The summed E-state index contributed by atoms with van der Waals surface area (Å²) in [5.74, 6) is 1.17. The smallest absolute Gasteiger partial charge is 0.228 e. The zero-order valence-corrected chi connectivity index (χ0v) is 10.6. The molecule has 0 radical (unpaired) electrons. The Kier molecular flexibility index (Phi) is 3.20. The van der Waals surface area contributed by atoms with Crippen molar-refractivity contribution in [3.8, 4) is 11.5 Å². The van der Waals surface area contributed by atoms with Crippen LogP contribution >= 0.6 is 0 Å². The van der Waals surface area contributed by atoms with Gasteiger partial charge in [0, 0.05) is 24.5 Å². The fraction of sp³-hybridized carbons (Fsp3) is 0.214. The summed E-state index contributed by atoms with van der Waals surface area (Å²) in [6, 6.07) is 10.0. The third-order valence-corrected chi connectivity index (χ3v) is 2.94. The molecule has 0 unspecified atom stereocenters. The highest BCUT2D eigenvalue weighted by molar-refractivity contribution is 5.92. The van der Waals surface area contributed by atoms with E-state index < -0.39 is 0 Å². The van der Waals surface area contributed by atoms with Crippen molar-refractivity contribution in [1.82, 2.24) is 20.4 Å². The number of hydrogen-bond donors (Lipinski definition) is 1. The summed E-state index contributed by atoms with van der Waals surface area (Å²) in [4.78, 5) is 8.76. The fourth-order valence-corrected chi connectivity index (χ4v) is 1.98. The normalized spacial score (nSPS) is 11.0. The summed E-state index contributed by atoms with van der Waals surface area (Å²) >= 11 is 0. The lowest BCUT2D eigenvalue weighted by Gasteiger charge is -2.00. The van der Waals surface area contributed by atoms with Crippen LogP contribution in [-0.4, -0.2) is 28.7 Å². The molecule has 0 saturated carbocycles. The lowest BCUT2D eigenvalue weighted by molar-refractivity contribution is 0.377. The number of nitrogens with zero attached hydrogens (tertiary/aromatic N) is 3. The van der Waals surface area contributed by atoms with Gasteiger partial charge in [-0.3, -0.25) is 4.98 Å². The van der Waals surface area contributed by atoms with Crippen molar-refractivity contribution in [3.63, 3.8) is 0 Å². The highest BCUT2D eigenvalue weighted by Crippen LogP contribution is 2.23. The first-order chi connectivity index (χ1) is 9.38. The zero-order chi connectivity index (χ0) is 13.1. The molecular formula is C14H14N4O. The van der Waals surface area contributed by atoms with Crippen molar-refractivity contribution in [1.29, 1.82) is 0 Å². The van der Waals surface area contributed by atoms with Crippen LogP contribution in [0.15, 0.2) is 41.1 Å². The molecule has 0 bridgehead atoms. The standard InChI is InChI=1S/C14H14N4O/c1-15-8-7-12-17-14(18-19-12)13-11-5-3-2-4-10(11)6-9-16-13/h2-6,9,15H,7-8H2,1H3. The predicted octanol–water partition coefficient (Wildman–Crippen LogP) is 2.05. The van der Waals surface area contributed by atoms with Crippen LogP contribution in [-0.2, 0) is 6.42 Å². The first-order valence-electron chi connectivity index (χ1n) is 6.20. The SMILES string of the molecule is CNCCc1nc(-c2nccc3ccccc23)no1. The van der Waals surface area contributed by atoms with Gasteiger partial charge in [-0.1, -0.05) is 29.4 Å². The van der Waals surface area contributed by atoms with Gasteiger partial charge in [-0.2, -0.15) is 4.98 Å². The fourth-order valence-electron chi connectivity index (χ4n) is 1.98. The lowest BCUT2D eigenvalue weighted by Crippen LogP contribution is -2.10. The van der Waals surface area contributed by atoms with E-state index in [0.29, 0.717) is 18.1 Å². The summed E-state index contributed by atoms with van der Waals surface area (Å²) in [6.07, 6.45) is 2.48. The van der Waals surface area contributed by atoms with Crippen LogP contribution in [0.5, 0.6) is 0 Å². The molecule has 1 N–H and O–H groups in total. The van der Waals surface area contributed by atoms with Gasteiger partial charge in [0.2, 0.25) is 11.7 Å². The summed E-state index contributed by atoms with van der Waals surface area (Å²) in [5, 5.41) is 9.22. The van der Waals surface area contributed by atoms with Crippen molar-refractivity contribution < 1.29 is 4.52 Å². The van der Waals surface area contributed by atoms with Crippen molar-refractivity contribution in [2.24, 2.45) is 0 Å². The minimum atomic E-state index is 0.544. The van der Waals surface area contributed by atoms with Crippen LogP contribution in [0.4, 0.5) is 0 Å². The number of aromatic nitrogens is 3. The van der Waals surface area contributed by atoms with Gasteiger partial charge in [0.15, 0.2) is 0 Å². The molecule has 0 aliphatic rings. The van der Waals surface area contributed by atoms with E-state index in [1.54, 1.807) is 6.20 Å². The summed E-state index contributed by atoms with van der Waals surface area (Å²) < 4.78 is 5.23. The molecule has 3 rings (SSSR count). The number of likely N-dealkylation sites (N-methyl/N-ethyl adjacent to an activating group) is 1. The van der Waals surface area contributed by atoms with E-state index in [2.05, 4.69) is 20.4 Å². The lowest BCUT2D eigenvalue weighted by atomic mass is 10.1. The monoisotopic (exact) mass is 254 g/mol. The Morgan fingerprint density at radius 1 is 1.21 bits per heavy atom. The average Bonchev–Trinajstić information content (AvgIpc) is 2.93. The Morgan fingerprint density at radius 2 is 2.11 bits per heavy atom. The van der Waals surface area contributed by atoms with Gasteiger partial charge in [-0.25, -0.2) is 0 Å². The van der Waals surface area contributed by atoms with E-state index in [1.165, 1.54) is 0 Å². The second-order valence-electron chi connectivity index (χ2n) is 4.25. The molecule has 0 fully saturated rings. The maximum atomic E-state index is 5.23. The Hall–Kier alpha value is -2.27.